The number of carbonyl (C=O) groups excluding carboxylic acids is 1. The molecule has 10 heteroatoms. The number of nitrogens with zero attached hydrogens (tertiary/aromatic N) is 3. The molecular weight excluding hydrogens is 485 g/mol. The Labute approximate surface area is 219 Å². The first kappa shape index (κ1) is 24.1. The molecule has 4 heterocycles. The third-order valence-electron chi connectivity index (χ3n) is 7.22. The summed E-state index contributed by atoms with van der Waals surface area (Å²) in [5.41, 5.74) is 1.28. The number of carbonyl (C=O) groups is 1. The normalized spacial score (nSPS) is 18.2. The quantitative estimate of drug-likeness (QED) is 0.308. The molecule has 9 nitrogen and oxygen atoms in total. The second-order valence-electron chi connectivity index (χ2n) is 9.57. The molecule has 0 spiro atoms. The molecule has 1 atom stereocenters. The average molecular weight is 514 g/mol. The standard InChI is InChI=1S/C28H28FN7O2/c29-24-20(26(37)32-21-10-17-38-23-7-2-1-4-19(21)23)5-3-6-22(24)34-28(11-15-31-16-12-28)27-33-25(35-36-27)18-8-13-30-14-9-18/h1-9,13-14,21,31,34H,10-12,15-17H2,(H,32,37)(H,33,35,36)/t21-/m1/s1. The number of amides is 1. The van der Waals surface area contributed by atoms with Gasteiger partial charge in [-0.05, 0) is 56.3 Å². The fourth-order valence-corrected chi connectivity index (χ4v) is 5.17. The number of aromatic amines is 1. The van der Waals surface area contributed by atoms with Crippen molar-refractivity contribution in [3.8, 4) is 17.1 Å². The predicted molar refractivity (Wildman–Crippen MR) is 140 cm³/mol. The molecule has 2 aliphatic rings. The number of hydrogen-bond acceptors (Lipinski definition) is 7. The molecule has 0 radical (unpaired) electrons. The van der Waals surface area contributed by atoms with Crippen molar-refractivity contribution in [3.05, 3.63) is 89.8 Å². The topological polar surface area (TPSA) is 117 Å². The van der Waals surface area contributed by atoms with E-state index in [0.29, 0.717) is 37.5 Å². The molecule has 1 saturated heterocycles. The van der Waals surface area contributed by atoms with Gasteiger partial charge in [-0.25, -0.2) is 9.37 Å². The van der Waals surface area contributed by atoms with Gasteiger partial charge in [0.1, 0.15) is 5.75 Å². The van der Waals surface area contributed by atoms with Crippen LogP contribution in [0.25, 0.3) is 11.4 Å². The molecule has 0 saturated carbocycles. The van der Waals surface area contributed by atoms with Crippen molar-refractivity contribution in [2.24, 2.45) is 0 Å². The highest BCUT2D eigenvalue weighted by atomic mass is 19.1. The number of rotatable bonds is 6. The summed E-state index contributed by atoms with van der Waals surface area (Å²) in [5.74, 6) is 0.848. The third-order valence-corrected chi connectivity index (χ3v) is 7.22. The first-order valence-corrected chi connectivity index (χ1v) is 12.8. The summed E-state index contributed by atoms with van der Waals surface area (Å²) < 4.78 is 21.6. The molecule has 4 N–H and O–H groups in total. The Hall–Kier alpha value is -4.31. The Balaban J connectivity index is 1.27. The zero-order chi connectivity index (χ0) is 26.0. The van der Waals surface area contributed by atoms with Gasteiger partial charge in [-0.2, -0.15) is 5.10 Å². The van der Waals surface area contributed by atoms with E-state index in [1.54, 1.807) is 24.5 Å². The van der Waals surface area contributed by atoms with E-state index < -0.39 is 17.3 Å². The van der Waals surface area contributed by atoms with E-state index in [2.05, 4.69) is 31.1 Å². The zero-order valence-electron chi connectivity index (χ0n) is 20.7. The summed E-state index contributed by atoms with van der Waals surface area (Å²) in [4.78, 5) is 22.0. The van der Waals surface area contributed by atoms with Crippen molar-refractivity contribution >= 4 is 11.6 Å². The van der Waals surface area contributed by atoms with Crippen LogP contribution in [0.5, 0.6) is 5.75 Å². The zero-order valence-corrected chi connectivity index (χ0v) is 20.7. The van der Waals surface area contributed by atoms with Gasteiger partial charge in [-0.1, -0.05) is 24.3 Å². The fraction of sp³-hybridized carbons (Fsp3) is 0.286. The van der Waals surface area contributed by atoms with E-state index in [9.17, 15) is 4.79 Å². The lowest BCUT2D eigenvalue weighted by Gasteiger charge is -2.37. The number of nitrogens with one attached hydrogen (secondary N) is 4. The average Bonchev–Trinajstić information content (AvgIpc) is 3.47. The summed E-state index contributed by atoms with van der Waals surface area (Å²) in [6.07, 6.45) is 5.31. The van der Waals surface area contributed by atoms with E-state index in [1.807, 2.05) is 36.4 Å². The van der Waals surface area contributed by atoms with Gasteiger partial charge in [0.25, 0.3) is 5.91 Å². The lowest BCUT2D eigenvalue weighted by molar-refractivity contribution is 0.0920. The second kappa shape index (κ2) is 10.2. The maximum absolute atomic E-state index is 15.9. The highest BCUT2D eigenvalue weighted by Gasteiger charge is 2.38. The minimum Gasteiger partial charge on any atom is -0.493 e. The molecule has 6 rings (SSSR count). The number of ether oxygens (including phenoxy) is 1. The van der Waals surface area contributed by atoms with Gasteiger partial charge >= 0.3 is 0 Å². The maximum atomic E-state index is 15.9. The summed E-state index contributed by atoms with van der Waals surface area (Å²) in [7, 11) is 0. The molecule has 0 bridgehead atoms. The van der Waals surface area contributed by atoms with Gasteiger partial charge in [0.2, 0.25) is 0 Å². The first-order valence-electron chi connectivity index (χ1n) is 12.8. The molecule has 2 aliphatic heterocycles. The van der Waals surface area contributed by atoms with E-state index in [-0.39, 0.29) is 17.3 Å². The monoisotopic (exact) mass is 513 g/mol. The number of H-pyrrole nitrogens is 1. The van der Waals surface area contributed by atoms with Crippen LogP contribution < -0.4 is 20.7 Å². The van der Waals surface area contributed by atoms with E-state index >= 15 is 4.39 Å². The highest BCUT2D eigenvalue weighted by Crippen LogP contribution is 2.36. The van der Waals surface area contributed by atoms with Crippen LogP contribution in [0, 0.1) is 5.82 Å². The largest absolute Gasteiger partial charge is 0.493 e. The Morgan fingerprint density at radius 2 is 1.87 bits per heavy atom. The van der Waals surface area contributed by atoms with Gasteiger partial charge in [0.05, 0.1) is 29.4 Å². The molecular formula is C28H28FN7O2. The van der Waals surface area contributed by atoms with Crippen molar-refractivity contribution in [1.82, 2.24) is 30.8 Å². The van der Waals surface area contributed by atoms with Crippen LogP contribution in [-0.2, 0) is 5.54 Å². The van der Waals surface area contributed by atoms with Gasteiger partial charge in [-0.15, -0.1) is 0 Å². The number of aromatic nitrogens is 4. The molecule has 2 aromatic carbocycles. The summed E-state index contributed by atoms with van der Waals surface area (Å²) in [6.45, 7) is 1.94. The lowest BCUT2D eigenvalue weighted by Crippen LogP contribution is -2.46. The number of para-hydroxylation sites is 1. The first-order chi connectivity index (χ1) is 18.6. The second-order valence-corrected chi connectivity index (χ2v) is 9.57. The van der Waals surface area contributed by atoms with E-state index in [1.165, 1.54) is 6.07 Å². The molecule has 4 aromatic rings. The number of pyridine rings is 1. The molecule has 0 aliphatic carbocycles. The van der Waals surface area contributed by atoms with Crippen LogP contribution in [0.1, 0.15) is 47.1 Å². The minimum absolute atomic E-state index is 0.0156. The van der Waals surface area contributed by atoms with Crippen molar-refractivity contribution in [3.63, 3.8) is 0 Å². The molecule has 2 aromatic heterocycles. The molecule has 1 fully saturated rings. The van der Waals surface area contributed by atoms with Gasteiger partial charge in [-0.3, -0.25) is 14.9 Å². The number of piperidine rings is 1. The number of fused-ring (bicyclic) bond motifs is 1. The SMILES string of the molecule is O=C(N[C@@H]1CCOc2ccccc21)c1cccc(NC2(c3nc(-c4ccncc4)n[nH]3)CCNCC2)c1F. The van der Waals surface area contributed by atoms with Gasteiger partial charge < -0.3 is 20.7 Å². The lowest BCUT2D eigenvalue weighted by atomic mass is 9.87. The molecule has 194 valence electrons. The molecule has 0 unspecified atom stereocenters. The van der Waals surface area contributed by atoms with E-state index in [4.69, 9.17) is 9.72 Å². The summed E-state index contributed by atoms with van der Waals surface area (Å²) >= 11 is 0. The Kier molecular flexibility index (Phi) is 6.47. The maximum Gasteiger partial charge on any atom is 0.254 e. The molecule has 38 heavy (non-hydrogen) atoms. The Bertz CT molecular complexity index is 1440. The Morgan fingerprint density at radius 1 is 1.05 bits per heavy atom. The summed E-state index contributed by atoms with van der Waals surface area (Å²) in [6, 6.07) is 15.9. The van der Waals surface area contributed by atoms with Crippen molar-refractivity contribution < 1.29 is 13.9 Å². The number of hydrogen-bond donors (Lipinski definition) is 4. The van der Waals surface area contributed by atoms with Gasteiger partial charge in [0.15, 0.2) is 17.5 Å². The van der Waals surface area contributed by atoms with Crippen LogP contribution in [0.2, 0.25) is 0 Å². The third kappa shape index (κ3) is 4.58. The number of halogens is 1. The van der Waals surface area contributed by atoms with Crippen molar-refractivity contribution in [2.75, 3.05) is 25.0 Å². The Morgan fingerprint density at radius 3 is 2.71 bits per heavy atom. The van der Waals surface area contributed by atoms with Crippen LogP contribution in [0.4, 0.5) is 10.1 Å². The van der Waals surface area contributed by atoms with Gasteiger partial charge in [0, 0.05) is 29.9 Å². The predicted octanol–water partition coefficient (Wildman–Crippen LogP) is 3.95. The van der Waals surface area contributed by atoms with Crippen LogP contribution in [0.3, 0.4) is 0 Å². The highest BCUT2D eigenvalue weighted by molar-refractivity contribution is 5.95. The number of benzene rings is 2. The van der Waals surface area contributed by atoms with E-state index in [0.717, 1.165) is 30.0 Å². The van der Waals surface area contributed by atoms with Crippen LogP contribution in [0.15, 0.2) is 67.0 Å². The fourth-order valence-electron chi connectivity index (χ4n) is 5.17. The number of anilines is 1. The smallest absolute Gasteiger partial charge is 0.254 e. The van der Waals surface area contributed by atoms with Crippen LogP contribution >= 0.6 is 0 Å². The summed E-state index contributed by atoms with van der Waals surface area (Å²) in [5, 5.41) is 17.2. The van der Waals surface area contributed by atoms with Crippen LogP contribution in [-0.4, -0.2) is 45.8 Å². The minimum atomic E-state index is -0.681. The molecule has 1 amide bonds. The van der Waals surface area contributed by atoms with Crippen molar-refractivity contribution in [1.29, 1.82) is 0 Å². The van der Waals surface area contributed by atoms with Crippen molar-refractivity contribution in [2.45, 2.75) is 30.8 Å².